The van der Waals surface area contributed by atoms with Crippen LogP contribution in [0.3, 0.4) is 0 Å². The fourth-order valence-electron chi connectivity index (χ4n) is 2.18. The molecule has 0 unspecified atom stereocenters. The molecule has 100 valence electrons. The van der Waals surface area contributed by atoms with E-state index in [1.165, 1.54) is 21.2 Å². The first kappa shape index (κ1) is 13.6. The first-order chi connectivity index (χ1) is 8.38. The Balaban J connectivity index is 2.11. The van der Waals surface area contributed by atoms with Gasteiger partial charge in [-0.2, -0.15) is 0 Å². The molecule has 2 heterocycles. The molecule has 1 aromatic rings. The molecule has 0 N–H and O–H groups in total. The van der Waals surface area contributed by atoms with Gasteiger partial charge in [0, 0.05) is 25.7 Å². The lowest BCUT2D eigenvalue weighted by molar-refractivity contribution is 0.427. The summed E-state index contributed by atoms with van der Waals surface area (Å²) in [4.78, 5) is 11.7. The second kappa shape index (κ2) is 5.03. The third-order valence-electron chi connectivity index (χ3n) is 3.15. The van der Waals surface area contributed by atoms with E-state index in [0.29, 0.717) is 24.8 Å². The minimum absolute atomic E-state index is 0.136. The molecule has 1 saturated heterocycles. The van der Waals surface area contributed by atoms with Gasteiger partial charge >= 0.3 is 0 Å². The summed E-state index contributed by atoms with van der Waals surface area (Å²) in [6.45, 7) is 1.43. The van der Waals surface area contributed by atoms with Crippen molar-refractivity contribution in [2.45, 2.75) is 13.0 Å². The zero-order chi connectivity index (χ0) is 13.3. The van der Waals surface area contributed by atoms with Gasteiger partial charge in [-0.3, -0.25) is 9.36 Å². The van der Waals surface area contributed by atoms with Crippen LogP contribution in [0, 0.1) is 5.92 Å². The Kier molecular flexibility index (Phi) is 3.79. The summed E-state index contributed by atoms with van der Waals surface area (Å²) in [5, 5.41) is 0.389. The summed E-state index contributed by atoms with van der Waals surface area (Å²) in [5.74, 6) is 0.136. The van der Waals surface area contributed by atoms with Crippen molar-refractivity contribution in [1.82, 2.24) is 8.87 Å². The van der Waals surface area contributed by atoms with Crippen LogP contribution in [-0.4, -0.2) is 36.6 Å². The van der Waals surface area contributed by atoms with E-state index >= 15 is 0 Å². The molecule has 1 atom stereocenters. The number of rotatable bonds is 3. The second-order valence-corrected chi connectivity index (χ2v) is 6.94. The normalized spacial score (nSPS) is 21.3. The van der Waals surface area contributed by atoms with Crippen LogP contribution in [-0.2, 0) is 16.6 Å². The SMILES string of the molecule is CS(=O)(=O)N1CC[C@H](Cn2c(Cl)cccc2=O)C1. The van der Waals surface area contributed by atoms with E-state index in [0.717, 1.165) is 6.42 Å². The van der Waals surface area contributed by atoms with Crippen molar-refractivity contribution in [1.29, 1.82) is 0 Å². The summed E-state index contributed by atoms with van der Waals surface area (Å²) in [5.41, 5.74) is -0.152. The van der Waals surface area contributed by atoms with Crippen LogP contribution in [0.25, 0.3) is 0 Å². The zero-order valence-corrected chi connectivity index (χ0v) is 11.6. The maximum Gasteiger partial charge on any atom is 0.251 e. The predicted molar refractivity (Wildman–Crippen MR) is 70.2 cm³/mol. The molecule has 0 saturated carbocycles. The Morgan fingerprint density at radius 2 is 2.17 bits per heavy atom. The molecule has 1 aliphatic rings. The van der Waals surface area contributed by atoms with Crippen LogP contribution in [0.2, 0.25) is 5.15 Å². The molecule has 0 amide bonds. The van der Waals surface area contributed by atoms with E-state index in [1.54, 1.807) is 12.1 Å². The van der Waals surface area contributed by atoms with Crippen LogP contribution in [0.4, 0.5) is 0 Å². The quantitative estimate of drug-likeness (QED) is 0.773. The van der Waals surface area contributed by atoms with E-state index in [-0.39, 0.29) is 11.5 Å². The minimum atomic E-state index is -3.14. The van der Waals surface area contributed by atoms with E-state index in [2.05, 4.69) is 0 Å². The minimum Gasteiger partial charge on any atom is -0.299 e. The molecule has 0 radical (unpaired) electrons. The van der Waals surface area contributed by atoms with E-state index in [1.807, 2.05) is 0 Å². The molecule has 5 nitrogen and oxygen atoms in total. The van der Waals surface area contributed by atoms with Gasteiger partial charge < -0.3 is 0 Å². The van der Waals surface area contributed by atoms with Crippen molar-refractivity contribution < 1.29 is 8.42 Å². The van der Waals surface area contributed by atoms with Gasteiger partial charge in [-0.05, 0) is 18.4 Å². The third kappa shape index (κ3) is 2.93. The van der Waals surface area contributed by atoms with Crippen molar-refractivity contribution >= 4 is 21.6 Å². The Morgan fingerprint density at radius 1 is 1.44 bits per heavy atom. The predicted octanol–water partition coefficient (Wildman–Crippen LogP) is 0.783. The molecule has 0 aromatic carbocycles. The molecular formula is C11H15ClN2O3S. The number of hydrogen-bond donors (Lipinski definition) is 0. The molecule has 1 aliphatic heterocycles. The van der Waals surface area contributed by atoms with Gasteiger partial charge in [-0.25, -0.2) is 12.7 Å². The van der Waals surface area contributed by atoms with Crippen molar-refractivity contribution in [2.24, 2.45) is 5.92 Å². The second-order valence-electron chi connectivity index (χ2n) is 4.57. The van der Waals surface area contributed by atoms with Gasteiger partial charge in [0.1, 0.15) is 5.15 Å². The highest BCUT2D eigenvalue weighted by Gasteiger charge is 2.28. The average Bonchev–Trinajstić information content (AvgIpc) is 2.72. The fraction of sp³-hybridized carbons (Fsp3) is 0.545. The summed E-state index contributed by atoms with van der Waals surface area (Å²) in [6, 6.07) is 4.72. The first-order valence-corrected chi connectivity index (χ1v) is 7.91. The standard InChI is InChI=1S/C11H15ClN2O3S/c1-18(16,17)13-6-5-9(7-13)8-14-10(12)3-2-4-11(14)15/h2-4,9H,5-8H2,1H3/t9-/m0/s1. The lowest BCUT2D eigenvalue weighted by atomic mass is 10.1. The largest absolute Gasteiger partial charge is 0.299 e. The van der Waals surface area contributed by atoms with E-state index in [9.17, 15) is 13.2 Å². The van der Waals surface area contributed by atoms with E-state index < -0.39 is 10.0 Å². The van der Waals surface area contributed by atoms with E-state index in [4.69, 9.17) is 11.6 Å². The molecule has 0 bridgehead atoms. The number of pyridine rings is 1. The zero-order valence-electron chi connectivity index (χ0n) is 10.0. The number of sulfonamides is 1. The lowest BCUT2D eigenvalue weighted by Crippen LogP contribution is -2.29. The maximum atomic E-state index is 11.7. The highest BCUT2D eigenvalue weighted by atomic mass is 35.5. The Bertz CT molecular complexity index is 597. The molecular weight excluding hydrogens is 276 g/mol. The highest BCUT2D eigenvalue weighted by molar-refractivity contribution is 7.88. The molecule has 0 aliphatic carbocycles. The van der Waals surface area contributed by atoms with Gasteiger partial charge in [-0.1, -0.05) is 17.7 Å². The monoisotopic (exact) mass is 290 g/mol. The summed E-state index contributed by atoms with van der Waals surface area (Å²) < 4.78 is 25.7. The highest BCUT2D eigenvalue weighted by Crippen LogP contribution is 2.21. The van der Waals surface area contributed by atoms with Gasteiger partial charge in [0.25, 0.3) is 5.56 Å². The van der Waals surface area contributed by atoms with Crippen LogP contribution in [0.15, 0.2) is 23.0 Å². The summed E-state index contributed by atoms with van der Waals surface area (Å²) >= 11 is 5.97. The van der Waals surface area contributed by atoms with Gasteiger partial charge in [0.2, 0.25) is 10.0 Å². The van der Waals surface area contributed by atoms with Crippen molar-refractivity contribution in [3.8, 4) is 0 Å². The maximum absolute atomic E-state index is 11.7. The first-order valence-electron chi connectivity index (χ1n) is 5.68. The molecule has 0 spiro atoms. The number of hydrogen-bond acceptors (Lipinski definition) is 3. The summed E-state index contributed by atoms with van der Waals surface area (Å²) in [7, 11) is -3.14. The fourth-order valence-corrected chi connectivity index (χ4v) is 3.32. The van der Waals surface area contributed by atoms with Crippen LogP contribution < -0.4 is 5.56 Å². The topological polar surface area (TPSA) is 59.4 Å². The number of halogens is 1. The van der Waals surface area contributed by atoms with Gasteiger partial charge in [-0.15, -0.1) is 0 Å². The smallest absolute Gasteiger partial charge is 0.251 e. The van der Waals surface area contributed by atoms with Gasteiger partial charge in [0.15, 0.2) is 0 Å². The van der Waals surface area contributed by atoms with Crippen LogP contribution in [0.1, 0.15) is 6.42 Å². The Hall–Kier alpha value is -0.850. The lowest BCUT2D eigenvalue weighted by Gasteiger charge is -2.15. The molecule has 18 heavy (non-hydrogen) atoms. The molecule has 7 heteroatoms. The molecule has 2 rings (SSSR count). The van der Waals surface area contributed by atoms with Crippen LogP contribution in [0.5, 0.6) is 0 Å². The van der Waals surface area contributed by atoms with Gasteiger partial charge in [0.05, 0.1) is 6.26 Å². The number of nitrogens with zero attached hydrogens (tertiary/aromatic N) is 2. The Labute approximate surface area is 111 Å². The van der Waals surface area contributed by atoms with Crippen molar-refractivity contribution in [3.63, 3.8) is 0 Å². The van der Waals surface area contributed by atoms with Crippen molar-refractivity contribution in [2.75, 3.05) is 19.3 Å². The third-order valence-corrected chi connectivity index (χ3v) is 4.75. The average molecular weight is 291 g/mol. The van der Waals surface area contributed by atoms with Crippen molar-refractivity contribution in [3.05, 3.63) is 33.7 Å². The summed E-state index contributed by atoms with van der Waals surface area (Å²) in [6.07, 6.45) is 1.96. The number of aromatic nitrogens is 1. The molecule has 1 aromatic heterocycles. The Morgan fingerprint density at radius 3 is 2.72 bits per heavy atom. The molecule has 1 fully saturated rings. The van der Waals surface area contributed by atoms with Crippen LogP contribution >= 0.6 is 11.6 Å².